The number of pyridine rings is 2. The molecule has 28 heavy (non-hydrogen) atoms. The van der Waals surface area contributed by atoms with Gasteiger partial charge in [-0.3, -0.25) is 4.98 Å². The molecule has 0 fully saturated rings. The van der Waals surface area contributed by atoms with Gasteiger partial charge in [-0.25, -0.2) is 9.67 Å². The molecule has 1 atom stereocenters. The highest BCUT2D eigenvalue weighted by molar-refractivity contribution is 5.84. The molecule has 6 nitrogen and oxygen atoms in total. The standard InChI is InChI=1S/C22H24N6/c1-14(23)17-6-4-7-18(26-17)15-10-11-16-13-25-28(19(16)12-15)21-9-5-8-20(27-21)22(2,3)24/h4-14H,23-24H2,1-3H3. The van der Waals surface area contributed by atoms with Crippen molar-refractivity contribution in [2.75, 3.05) is 0 Å². The van der Waals surface area contributed by atoms with Gasteiger partial charge in [0, 0.05) is 17.0 Å². The summed E-state index contributed by atoms with van der Waals surface area (Å²) in [7, 11) is 0. The minimum Gasteiger partial charge on any atom is -0.323 e. The largest absolute Gasteiger partial charge is 0.323 e. The lowest BCUT2D eigenvalue weighted by molar-refractivity contribution is 0.533. The van der Waals surface area contributed by atoms with Gasteiger partial charge in [-0.1, -0.05) is 24.3 Å². The van der Waals surface area contributed by atoms with Gasteiger partial charge in [0.2, 0.25) is 0 Å². The molecular weight excluding hydrogens is 348 g/mol. The average molecular weight is 372 g/mol. The first-order valence-corrected chi connectivity index (χ1v) is 9.30. The van der Waals surface area contributed by atoms with E-state index in [2.05, 4.69) is 17.2 Å². The van der Waals surface area contributed by atoms with Crippen molar-refractivity contribution in [1.82, 2.24) is 19.7 Å². The first kappa shape index (κ1) is 18.3. The van der Waals surface area contributed by atoms with Crippen molar-refractivity contribution in [3.05, 3.63) is 72.2 Å². The molecule has 4 aromatic rings. The summed E-state index contributed by atoms with van der Waals surface area (Å²) < 4.78 is 1.84. The molecule has 0 bridgehead atoms. The maximum atomic E-state index is 6.22. The summed E-state index contributed by atoms with van der Waals surface area (Å²) in [6, 6.07) is 17.8. The number of nitrogens with two attached hydrogens (primary N) is 2. The number of hydrogen-bond acceptors (Lipinski definition) is 5. The Balaban J connectivity index is 1.83. The normalized spacial score (nSPS) is 13.0. The molecule has 6 heteroatoms. The lowest BCUT2D eigenvalue weighted by Gasteiger charge is -2.18. The molecule has 0 aliphatic heterocycles. The van der Waals surface area contributed by atoms with Gasteiger partial charge < -0.3 is 11.5 Å². The topological polar surface area (TPSA) is 95.6 Å². The summed E-state index contributed by atoms with van der Waals surface area (Å²) in [6.07, 6.45) is 1.84. The lowest BCUT2D eigenvalue weighted by atomic mass is 10.0. The molecule has 0 radical (unpaired) electrons. The van der Waals surface area contributed by atoms with E-state index in [0.717, 1.165) is 39.4 Å². The third-order valence-electron chi connectivity index (χ3n) is 4.72. The summed E-state index contributed by atoms with van der Waals surface area (Å²) in [5.74, 6) is 0.737. The molecule has 0 spiro atoms. The van der Waals surface area contributed by atoms with Crippen LogP contribution in [0.5, 0.6) is 0 Å². The molecule has 3 aromatic heterocycles. The van der Waals surface area contributed by atoms with Gasteiger partial charge in [0.15, 0.2) is 5.82 Å². The molecule has 0 saturated carbocycles. The van der Waals surface area contributed by atoms with E-state index >= 15 is 0 Å². The van der Waals surface area contributed by atoms with Crippen molar-refractivity contribution in [3.8, 4) is 17.1 Å². The van der Waals surface area contributed by atoms with Crippen LogP contribution < -0.4 is 11.5 Å². The van der Waals surface area contributed by atoms with Gasteiger partial charge in [0.05, 0.1) is 34.3 Å². The summed E-state index contributed by atoms with van der Waals surface area (Å²) in [5.41, 5.74) is 16.2. The molecule has 0 aliphatic carbocycles. The maximum absolute atomic E-state index is 6.22. The van der Waals surface area contributed by atoms with Gasteiger partial charge in [-0.2, -0.15) is 5.10 Å². The number of rotatable bonds is 4. The number of benzene rings is 1. The lowest BCUT2D eigenvalue weighted by Crippen LogP contribution is -2.30. The van der Waals surface area contributed by atoms with Crippen LogP contribution in [-0.4, -0.2) is 19.7 Å². The van der Waals surface area contributed by atoms with Gasteiger partial charge in [-0.15, -0.1) is 0 Å². The Bertz CT molecular complexity index is 1140. The second-order valence-corrected chi connectivity index (χ2v) is 7.67. The summed E-state index contributed by atoms with van der Waals surface area (Å²) in [4.78, 5) is 9.42. The zero-order valence-electron chi connectivity index (χ0n) is 16.3. The van der Waals surface area contributed by atoms with Crippen LogP contribution in [0, 0.1) is 0 Å². The average Bonchev–Trinajstić information content (AvgIpc) is 3.10. The van der Waals surface area contributed by atoms with E-state index in [4.69, 9.17) is 21.4 Å². The van der Waals surface area contributed by atoms with Gasteiger partial charge in [-0.05, 0) is 51.1 Å². The van der Waals surface area contributed by atoms with Crippen molar-refractivity contribution in [1.29, 1.82) is 0 Å². The van der Waals surface area contributed by atoms with Gasteiger partial charge in [0.1, 0.15) is 0 Å². The number of fused-ring (bicyclic) bond motifs is 1. The van der Waals surface area contributed by atoms with Crippen LogP contribution in [0.3, 0.4) is 0 Å². The third-order valence-corrected chi connectivity index (χ3v) is 4.72. The molecule has 0 saturated heterocycles. The Morgan fingerprint density at radius 2 is 1.79 bits per heavy atom. The van der Waals surface area contributed by atoms with Gasteiger partial charge in [0.25, 0.3) is 0 Å². The Morgan fingerprint density at radius 3 is 2.54 bits per heavy atom. The molecule has 3 heterocycles. The monoisotopic (exact) mass is 372 g/mol. The van der Waals surface area contributed by atoms with Crippen molar-refractivity contribution < 1.29 is 0 Å². The number of aromatic nitrogens is 4. The molecule has 0 amide bonds. The van der Waals surface area contributed by atoms with E-state index in [9.17, 15) is 0 Å². The van der Waals surface area contributed by atoms with E-state index in [1.54, 1.807) is 0 Å². The van der Waals surface area contributed by atoms with Crippen LogP contribution in [0.2, 0.25) is 0 Å². The zero-order chi connectivity index (χ0) is 19.9. The second kappa shape index (κ2) is 6.82. The van der Waals surface area contributed by atoms with Crippen LogP contribution in [0.25, 0.3) is 28.0 Å². The zero-order valence-corrected chi connectivity index (χ0v) is 16.3. The minimum atomic E-state index is -0.520. The Kier molecular flexibility index (Phi) is 4.45. The SMILES string of the molecule is CC(N)c1cccc(-c2ccc3cnn(-c4cccc(C(C)(C)N)n4)c3c2)n1. The molecular formula is C22H24N6. The summed E-state index contributed by atoms with van der Waals surface area (Å²) in [6.45, 7) is 5.81. The van der Waals surface area contributed by atoms with Crippen molar-refractivity contribution in [3.63, 3.8) is 0 Å². The third kappa shape index (κ3) is 3.40. The van der Waals surface area contributed by atoms with Crippen molar-refractivity contribution in [2.45, 2.75) is 32.4 Å². The molecule has 1 aromatic carbocycles. The predicted molar refractivity (Wildman–Crippen MR) is 112 cm³/mol. The highest BCUT2D eigenvalue weighted by atomic mass is 15.3. The van der Waals surface area contributed by atoms with E-state index in [1.165, 1.54) is 0 Å². The molecule has 4 rings (SSSR count). The van der Waals surface area contributed by atoms with Crippen molar-refractivity contribution >= 4 is 10.9 Å². The maximum Gasteiger partial charge on any atom is 0.154 e. The molecule has 0 aliphatic rings. The first-order valence-electron chi connectivity index (χ1n) is 9.30. The molecule has 1 unspecified atom stereocenters. The highest BCUT2D eigenvalue weighted by Crippen LogP contribution is 2.26. The fourth-order valence-electron chi connectivity index (χ4n) is 3.13. The number of hydrogen-bond donors (Lipinski definition) is 2. The fraction of sp³-hybridized carbons (Fsp3) is 0.227. The highest BCUT2D eigenvalue weighted by Gasteiger charge is 2.17. The minimum absolute atomic E-state index is 0.110. The second-order valence-electron chi connectivity index (χ2n) is 7.67. The summed E-state index contributed by atoms with van der Waals surface area (Å²) >= 11 is 0. The van der Waals surface area contributed by atoms with Crippen LogP contribution in [0.15, 0.2) is 60.8 Å². The molecule has 4 N–H and O–H groups in total. The summed E-state index contributed by atoms with van der Waals surface area (Å²) in [5, 5.41) is 5.58. The molecule has 142 valence electrons. The Hall–Kier alpha value is -3.09. The van der Waals surface area contributed by atoms with Crippen LogP contribution in [0.1, 0.15) is 38.2 Å². The van der Waals surface area contributed by atoms with E-state index < -0.39 is 5.54 Å². The smallest absolute Gasteiger partial charge is 0.154 e. The Morgan fingerprint density at radius 1 is 1.00 bits per heavy atom. The fourth-order valence-corrected chi connectivity index (χ4v) is 3.13. The number of nitrogens with zero attached hydrogens (tertiary/aromatic N) is 4. The van der Waals surface area contributed by atoms with Crippen LogP contribution in [-0.2, 0) is 5.54 Å². The van der Waals surface area contributed by atoms with E-state index in [-0.39, 0.29) is 6.04 Å². The van der Waals surface area contributed by atoms with Crippen LogP contribution >= 0.6 is 0 Å². The quantitative estimate of drug-likeness (QED) is 0.569. The first-order chi connectivity index (χ1) is 13.3. The van der Waals surface area contributed by atoms with E-state index in [1.807, 2.05) is 74.1 Å². The van der Waals surface area contributed by atoms with E-state index in [0.29, 0.717) is 0 Å². The Labute approximate surface area is 164 Å². The predicted octanol–water partition coefficient (Wildman–Crippen LogP) is 3.70. The van der Waals surface area contributed by atoms with Crippen molar-refractivity contribution in [2.24, 2.45) is 11.5 Å². The van der Waals surface area contributed by atoms with Crippen LogP contribution in [0.4, 0.5) is 0 Å². The van der Waals surface area contributed by atoms with Gasteiger partial charge >= 0.3 is 0 Å².